The topological polar surface area (TPSA) is 108 Å². The Labute approximate surface area is 578 Å². The first-order valence-corrected chi connectivity index (χ1v) is 39.0. The molecule has 0 aromatic carbocycles. The number of phosphoric acid groups is 1. The molecule has 0 aliphatic heterocycles. The van der Waals surface area contributed by atoms with Gasteiger partial charge >= 0.3 is 19.8 Å². The fourth-order valence-electron chi connectivity index (χ4n) is 9.78. The van der Waals surface area contributed by atoms with Crippen LogP contribution < -0.4 is 0 Å². The molecule has 532 valence electrons. The molecule has 0 aromatic rings. The highest BCUT2D eigenvalue weighted by atomic mass is 31.2. The highest BCUT2D eigenvalue weighted by Crippen LogP contribution is 2.43. The molecular weight excluding hydrogens is 1180 g/mol. The largest absolute Gasteiger partial charge is 0.472 e. The van der Waals surface area contributed by atoms with Crippen molar-refractivity contribution in [3.8, 4) is 0 Å². The lowest BCUT2D eigenvalue weighted by atomic mass is 10.0. The predicted octanol–water partition coefficient (Wildman–Crippen LogP) is 25.0. The second-order valence-corrected chi connectivity index (χ2v) is 27.0. The maximum Gasteiger partial charge on any atom is 0.472 e. The van der Waals surface area contributed by atoms with Crippen LogP contribution in [0, 0.1) is 0 Å². The first kappa shape index (κ1) is 89.1. The molecule has 0 radical (unpaired) electrons. The van der Waals surface area contributed by atoms with Gasteiger partial charge in [0.1, 0.15) is 19.8 Å². The van der Waals surface area contributed by atoms with Gasteiger partial charge in [-0.25, -0.2) is 4.57 Å². The lowest BCUT2D eigenvalue weighted by molar-refractivity contribution is -0.870. The summed E-state index contributed by atoms with van der Waals surface area (Å²) in [5, 5.41) is 0. The Bertz CT molecular complexity index is 2240. The van der Waals surface area contributed by atoms with Crippen molar-refractivity contribution in [3.63, 3.8) is 0 Å². The first-order valence-electron chi connectivity index (χ1n) is 37.5. The number of quaternary nitrogens is 1. The van der Waals surface area contributed by atoms with Crippen LogP contribution in [-0.2, 0) is 32.7 Å². The quantitative estimate of drug-likeness (QED) is 0.0211. The zero-order valence-electron chi connectivity index (χ0n) is 60.6. The lowest BCUT2D eigenvalue weighted by Crippen LogP contribution is -2.37. The van der Waals surface area contributed by atoms with Gasteiger partial charge in [-0.1, -0.05) is 318 Å². The Morgan fingerprint density at radius 3 is 0.851 bits per heavy atom. The second kappa shape index (κ2) is 72.4. The van der Waals surface area contributed by atoms with Gasteiger partial charge in [0, 0.05) is 12.8 Å². The van der Waals surface area contributed by atoms with E-state index in [2.05, 4.69) is 196 Å². The average Bonchev–Trinajstić information content (AvgIpc) is 1.68. The van der Waals surface area contributed by atoms with E-state index < -0.39 is 26.5 Å². The Balaban J connectivity index is 4.11. The van der Waals surface area contributed by atoms with Gasteiger partial charge in [0.05, 0.1) is 27.7 Å². The minimum Gasteiger partial charge on any atom is -0.462 e. The van der Waals surface area contributed by atoms with Crippen molar-refractivity contribution in [2.24, 2.45) is 0 Å². The molecule has 0 saturated heterocycles. The molecule has 0 amide bonds. The van der Waals surface area contributed by atoms with E-state index in [0.29, 0.717) is 17.4 Å². The maximum atomic E-state index is 12.9. The van der Waals surface area contributed by atoms with Crippen LogP contribution in [0.2, 0.25) is 0 Å². The van der Waals surface area contributed by atoms with Crippen LogP contribution in [0.25, 0.3) is 0 Å². The van der Waals surface area contributed by atoms with E-state index in [9.17, 15) is 19.0 Å². The van der Waals surface area contributed by atoms with Gasteiger partial charge < -0.3 is 18.9 Å². The number of likely N-dealkylation sites (N-methyl/N-ethyl adjacent to an activating group) is 1. The molecular formula is C84H139NO8P+. The third kappa shape index (κ3) is 76.1. The molecule has 0 heterocycles. The number of carbonyl (C=O) groups is 2. The molecule has 0 rings (SSSR count). The minimum atomic E-state index is -4.41. The molecule has 0 bridgehead atoms. The van der Waals surface area contributed by atoms with Crippen molar-refractivity contribution in [3.05, 3.63) is 182 Å². The Kier molecular flexibility index (Phi) is 68.6. The molecule has 0 aliphatic carbocycles. The van der Waals surface area contributed by atoms with Gasteiger partial charge in [-0.05, 0) is 135 Å². The van der Waals surface area contributed by atoms with Crippen LogP contribution in [-0.4, -0.2) is 74.9 Å². The standard InChI is InChI=1S/C84H138NO8P/c1-6-8-10-12-14-16-18-20-22-24-26-28-30-32-34-36-38-40-42-44-46-48-50-52-54-56-58-60-62-64-66-68-70-72-74-76-83(86)90-80-82(81-92-94(88,89)91-79-78-85(3,4)5)93-84(87)77-75-73-71-69-67-65-63-61-59-57-55-53-51-49-47-45-43-41-39-37-35-33-31-29-27-25-23-21-19-17-15-13-11-9-7-2/h8-11,14-17,20-23,26-29,32-35,39,41,45,47,51,53,57,59,63,65,82H,6-7,12-13,18-19,24-25,30-31,36-38,40,42-44,46,48-50,52,54-56,58,60-62,64,66-81H2,1-5H3/p+1/b10-8-,11-9-,16-14-,17-15-,22-20-,23-21-,28-26-,29-27-,34-32-,35-33-,41-39-,47-45-,53-51-,59-57-,65-63-. The Morgan fingerprint density at radius 1 is 0.330 bits per heavy atom. The highest BCUT2D eigenvalue weighted by molar-refractivity contribution is 7.47. The van der Waals surface area contributed by atoms with E-state index in [0.717, 1.165) is 141 Å². The molecule has 94 heavy (non-hydrogen) atoms. The highest BCUT2D eigenvalue weighted by Gasteiger charge is 2.27. The maximum absolute atomic E-state index is 12.9. The van der Waals surface area contributed by atoms with Gasteiger partial charge in [0.15, 0.2) is 6.10 Å². The number of esters is 2. The fraction of sp³-hybridized carbons (Fsp3) is 0.619. The average molecular weight is 1320 g/mol. The Morgan fingerprint density at radius 2 is 0.574 bits per heavy atom. The van der Waals surface area contributed by atoms with Crippen LogP contribution in [0.3, 0.4) is 0 Å². The summed E-state index contributed by atoms with van der Waals surface area (Å²) in [6, 6.07) is 0. The van der Waals surface area contributed by atoms with Gasteiger partial charge in [-0.15, -0.1) is 0 Å². The summed E-state index contributed by atoms with van der Waals surface area (Å²) in [4.78, 5) is 35.9. The third-order valence-corrected chi connectivity index (χ3v) is 16.4. The molecule has 0 spiro atoms. The van der Waals surface area contributed by atoms with Gasteiger partial charge in [0.25, 0.3) is 0 Å². The van der Waals surface area contributed by atoms with E-state index in [1.807, 2.05) is 21.1 Å². The molecule has 0 saturated carbocycles. The molecule has 9 nitrogen and oxygen atoms in total. The summed E-state index contributed by atoms with van der Waals surface area (Å²) < 4.78 is 34.7. The first-order chi connectivity index (χ1) is 46.0. The summed E-state index contributed by atoms with van der Waals surface area (Å²) in [6.45, 7) is 4.17. The zero-order chi connectivity index (χ0) is 68.3. The molecule has 0 aromatic heterocycles. The number of nitrogens with zero attached hydrogens (tertiary/aromatic N) is 1. The predicted molar refractivity (Wildman–Crippen MR) is 408 cm³/mol. The van der Waals surface area contributed by atoms with Crippen molar-refractivity contribution in [1.29, 1.82) is 0 Å². The van der Waals surface area contributed by atoms with Crippen LogP contribution in [0.15, 0.2) is 182 Å². The molecule has 1 N–H and O–H groups in total. The monoisotopic (exact) mass is 1320 g/mol. The van der Waals surface area contributed by atoms with Gasteiger partial charge in [0.2, 0.25) is 0 Å². The number of hydrogen-bond donors (Lipinski definition) is 1. The molecule has 2 atom stereocenters. The number of ether oxygens (including phenoxy) is 2. The number of hydrogen-bond acceptors (Lipinski definition) is 7. The number of rotatable bonds is 67. The van der Waals surface area contributed by atoms with Crippen LogP contribution >= 0.6 is 7.82 Å². The third-order valence-electron chi connectivity index (χ3n) is 15.4. The molecule has 0 aliphatic rings. The van der Waals surface area contributed by atoms with Crippen LogP contribution in [0.5, 0.6) is 0 Å². The van der Waals surface area contributed by atoms with Gasteiger partial charge in [-0.3, -0.25) is 18.6 Å². The van der Waals surface area contributed by atoms with Crippen molar-refractivity contribution in [2.45, 2.75) is 290 Å². The normalized spacial score (nSPS) is 14.1. The van der Waals surface area contributed by atoms with E-state index in [-0.39, 0.29) is 32.0 Å². The van der Waals surface area contributed by atoms with E-state index in [4.69, 9.17) is 18.5 Å². The smallest absolute Gasteiger partial charge is 0.462 e. The van der Waals surface area contributed by atoms with Crippen molar-refractivity contribution >= 4 is 19.8 Å². The molecule has 2 unspecified atom stereocenters. The minimum absolute atomic E-state index is 0.0181. The summed E-state index contributed by atoms with van der Waals surface area (Å²) in [7, 11) is 1.44. The zero-order valence-corrected chi connectivity index (χ0v) is 61.5. The van der Waals surface area contributed by atoms with Gasteiger partial charge in [-0.2, -0.15) is 0 Å². The van der Waals surface area contributed by atoms with Crippen LogP contribution in [0.1, 0.15) is 284 Å². The number of unbranched alkanes of at least 4 members (excludes halogenated alkanes) is 23. The number of carbonyl (C=O) groups excluding carboxylic acids is 2. The second-order valence-electron chi connectivity index (χ2n) is 25.6. The van der Waals surface area contributed by atoms with Crippen molar-refractivity contribution in [1.82, 2.24) is 0 Å². The SMILES string of the molecule is CC/C=C\C/C=C\C/C=C\C/C=C\C/C=C\C/C=C\C/C=C\C/C=C\C/C=C\C/C=C\CCCCCCC(=O)OC(COC(=O)CCCCCCCCCCCCCCCCCCCCC/C=C\C/C=C\C/C=C\C/C=C\C/C=C\CC)COP(=O)(O)OCC[N+](C)(C)C. The summed E-state index contributed by atoms with van der Waals surface area (Å²) in [5.74, 6) is -0.831. The number of allylic oxidation sites excluding steroid dienone is 30. The fourth-order valence-corrected chi connectivity index (χ4v) is 10.5. The van der Waals surface area contributed by atoms with E-state index in [1.54, 1.807) is 0 Å². The summed E-state index contributed by atoms with van der Waals surface area (Å²) >= 11 is 0. The number of phosphoric ester groups is 1. The van der Waals surface area contributed by atoms with Crippen molar-refractivity contribution < 1.29 is 42.1 Å². The Hall–Kier alpha value is -4.89. The van der Waals surface area contributed by atoms with Crippen LogP contribution in [0.4, 0.5) is 0 Å². The van der Waals surface area contributed by atoms with E-state index in [1.165, 1.54) is 109 Å². The molecule has 10 heteroatoms. The molecule has 0 fully saturated rings. The summed E-state index contributed by atoms with van der Waals surface area (Å²) in [5.41, 5.74) is 0. The lowest BCUT2D eigenvalue weighted by Gasteiger charge is -2.24. The van der Waals surface area contributed by atoms with Crippen molar-refractivity contribution in [2.75, 3.05) is 47.5 Å². The summed E-state index contributed by atoms with van der Waals surface area (Å²) in [6.07, 6.45) is 112. The van der Waals surface area contributed by atoms with E-state index >= 15 is 0 Å².